The van der Waals surface area contributed by atoms with Gasteiger partial charge in [0.15, 0.2) is 0 Å². The molecular formula is C28H23Cl2N3O3S. The monoisotopic (exact) mass is 551 g/mol. The van der Waals surface area contributed by atoms with Crippen LogP contribution in [0, 0.1) is 6.92 Å². The molecular weight excluding hydrogens is 529 g/mol. The Morgan fingerprint density at radius 2 is 1.59 bits per heavy atom. The molecule has 6 nitrogen and oxygen atoms in total. The van der Waals surface area contributed by atoms with Gasteiger partial charge in [-0.2, -0.15) is 5.10 Å². The summed E-state index contributed by atoms with van der Waals surface area (Å²) in [5.41, 5.74) is 5.10. The molecule has 0 aromatic heterocycles. The van der Waals surface area contributed by atoms with Gasteiger partial charge in [0.25, 0.3) is 15.9 Å². The van der Waals surface area contributed by atoms with E-state index in [-0.39, 0.29) is 22.7 Å². The average Bonchev–Trinajstić information content (AvgIpc) is 2.89. The van der Waals surface area contributed by atoms with Crippen molar-refractivity contribution in [2.45, 2.75) is 18.4 Å². The van der Waals surface area contributed by atoms with E-state index in [1.165, 1.54) is 10.5 Å². The number of sulfonamides is 1. The summed E-state index contributed by atoms with van der Waals surface area (Å²) in [4.78, 5) is 13.3. The predicted octanol–water partition coefficient (Wildman–Crippen LogP) is 6.46. The zero-order chi connectivity index (χ0) is 26.4. The van der Waals surface area contributed by atoms with Crippen molar-refractivity contribution in [2.24, 2.45) is 5.10 Å². The van der Waals surface area contributed by atoms with Crippen LogP contribution in [0.15, 0.2) is 107 Å². The fourth-order valence-electron chi connectivity index (χ4n) is 3.60. The molecule has 1 amide bonds. The van der Waals surface area contributed by atoms with E-state index in [0.717, 1.165) is 11.1 Å². The quantitative estimate of drug-likeness (QED) is 0.201. The Labute approximate surface area is 226 Å². The Bertz CT molecular complexity index is 1540. The van der Waals surface area contributed by atoms with Gasteiger partial charge in [-0.25, -0.2) is 13.8 Å². The molecule has 0 unspecified atom stereocenters. The summed E-state index contributed by atoms with van der Waals surface area (Å²) >= 11 is 12.1. The Hall–Kier alpha value is -3.65. The molecule has 0 atom stereocenters. The van der Waals surface area contributed by atoms with Crippen molar-refractivity contribution >= 4 is 51.0 Å². The normalized spacial score (nSPS) is 11.4. The van der Waals surface area contributed by atoms with Crippen LogP contribution in [-0.2, 0) is 16.6 Å². The van der Waals surface area contributed by atoms with Crippen LogP contribution in [0.25, 0.3) is 0 Å². The zero-order valence-corrected chi connectivity index (χ0v) is 22.1. The lowest BCUT2D eigenvalue weighted by atomic mass is 10.1. The minimum atomic E-state index is -4.01. The van der Waals surface area contributed by atoms with Crippen LogP contribution < -0.4 is 9.73 Å². The van der Waals surface area contributed by atoms with Crippen LogP contribution in [0.1, 0.15) is 27.0 Å². The largest absolute Gasteiger partial charge is 0.273 e. The molecule has 0 fully saturated rings. The molecule has 4 aromatic carbocycles. The van der Waals surface area contributed by atoms with Crippen molar-refractivity contribution < 1.29 is 13.2 Å². The first kappa shape index (κ1) is 26.4. The standard InChI is InChI=1S/C28H23Cl2N3O3S/c1-20-11-15-24(16-12-20)37(35,36)33(19-21-7-3-2-4-8-21)27-10-6-5-9-25(27)28(34)32-31-18-22-13-14-23(29)17-26(22)30/h2-18H,19H2,1H3,(H,32,34)/b31-18+. The minimum Gasteiger partial charge on any atom is -0.267 e. The van der Waals surface area contributed by atoms with Crippen LogP contribution >= 0.6 is 23.2 Å². The van der Waals surface area contributed by atoms with Gasteiger partial charge in [0.05, 0.1) is 33.9 Å². The van der Waals surface area contributed by atoms with Gasteiger partial charge in [0.2, 0.25) is 0 Å². The topological polar surface area (TPSA) is 78.8 Å². The highest BCUT2D eigenvalue weighted by atomic mass is 35.5. The fraction of sp³-hybridized carbons (Fsp3) is 0.0714. The molecule has 0 heterocycles. The highest BCUT2D eigenvalue weighted by Gasteiger charge is 2.28. The highest BCUT2D eigenvalue weighted by Crippen LogP contribution is 2.29. The second-order valence-electron chi connectivity index (χ2n) is 8.19. The Balaban J connectivity index is 1.70. The number of carbonyl (C=O) groups excluding carboxylic acids is 1. The fourth-order valence-corrected chi connectivity index (χ4v) is 5.53. The molecule has 9 heteroatoms. The number of amides is 1. The van der Waals surface area contributed by atoms with Crippen molar-refractivity contribution in [1.82, 2.24) is 5.43 Å². The van der Waals surface area contributed by atoms with Crippen molar-refractivity contribution in [3.05, 3.63) is 129 Å². The summed E-state index contributed by atoms with van der Waals surface area (Å²) < 4.78 is 28.9. The van der Waals surface area contributed by atoms with Crippen molar-refractivity contribution in [1.29, 1.82) is 0 Å². The van der Waals surface area contributed by atoms with Crippen LogP contribution in [0.3, 0.4) is 0 Å². The van der Waals surface area contributed by atoms with E-state index in [1.54, 1.807) is 66.7 Å². The molecule has 0 aliphatic rings. The predicted molar refractivity (Wildman–Crippen MR) is 149 cm³/mol. The molecule has 0 aliphatic carbocycles. The second kappa shape index (κ2) is 11.6. The number of benzene rings is 4. The van der Waals surface area contributed by atoms with Gasteiger partial charge in [-0.3, -0.25) is 9.10 Å². The number of nitrogens with zero attached hydrogens (tertiary/aromatic N) is 2. The van der Waals surface area contributed by atoms with Gasteiger partial charge >= 0.3 is 0 Å². The van der Waals surface area contributed by atoms with Gasteiger partial charge in [-0.15, -0.1) is 0 Å². The molecule has 1 N–H and O–H groups in total. The number of hydrazone groups is 1. The molecule has 0 radical (unpaired) electrons. The maximum absolute atomic E-state index is 13.8. The third-order valence-corrected chi connectivity index (χ3v) is 7.86. The van der Waals surface area contributed by atoms with E-state index in [0.29, 0.717) is 15.6 Å². The molecule has 0 saturated carbocycles. The van der Waals surface area contributed by atoms with Gasteiger partial charge in [-0.1, -0.05) is 89.4 Å². The SMILES string of the molecule is Cc1ccc(S(=O)(=O)N(Cc2ccccc2)c2ccccc2C(=O)N/N=C/c2ccc(Cl)cc2Cl)cc1. The van der Waals surface area contributed by atoms with Crippen molar-refractivity contribution in [2.75, 3.05) is 4.31 Å². The van der Waals surface area contributed by atoms with Gasteiger partial charge < -0.3 is 0 Å². The van der Waals surface area contributed by atoms with Gasteiger partial charge in [0.1, 0.15) is 0 Å². The minimum absolute atomic E-state index is 0.0327. The van der Waals surface area contributed by atoms with E-state index >= 15 is 0 Å². The van der Waals surface area contributed by atoms with Crippen LogP contribution in [0.2, 0.25) is 10.0 Å². The zero-order valence-electron chi connectivity index (χ0n) is 19.8. The van der Waals surface area contributed by atoms with Crippen LogP contribution in [0.5, 0.6) is 0 Å². The lowest BCUT2D eigenvalue weighted by Gasteiger charge is -2.26. The van der Waals surface area contributed by atoms with E-state index in [1.807, 2.05) is 37.3 Å². The van der Waals surface area contributed by atoms with E-state index < -0.39 is 15.9 Å². The number of carbonyl (C=O) groups is 1. The number of hydrogen-bond acceptors (Lipinski definition) is 4. The van der Waals surface area contributed by atoms with Crippen molar-refractivity contribution in [3.63, 3.8) is 0 Å². The summed E-state index contributed by atoms with van der Waals surface area (Å²) in [6.07, 6.45) is 1.39. The maximum atomic E-state index is 13.8. The third kappa shape index (κ3) is 6.38. The number of rotatable bonds is 8. The molecule has 0 spiro atoms. The average molecular weight is 552 g/mol. The first-order valence-electron chi connectivity index (χ1n) is 11.3. The molecule has 37 heavy (non-hydrogen) atoms. The molecule has 188 valence electrons. The Morgan fingerprint density at radius 1 is 0.919 bits per heavy atom. The smallest absolute Gasteiger partial charge is 0.267 e. The van der Waals surface area contributed by atoms with Crippen molar-refractivity contribution in [3.8, 4) is 0 Å². The first-order valence-corrected chi connectivity index (χ1v) is 13.5. The molecule has 0 aliphatic heterocycles. The van der Waals surface area contributed by atoms with E-state index in [9.17, 15) is 13.2 Å². The number of aryl methyl sites for hydroxylation is 1. The molecule has 0 bridgehead atoms. The summed E-state index contributed by atoms with van der Waals surface area (Å²) in [7, 11) is -4.01. The molecule has 4 aromatic rings. The number of halogens is 2. The number of para-hydroxylation sites is 1. The number of nitrogens with one attached hydrogen (secondary N) is 1. The molecule has 4 rings (SSSR count). The van der Waals surface area contributed by atoms with Crippen LogP contribution in [-0.4, -0.2) is 20.5 Å². The summed E-state index contributed by atoms with van der Waals surface area (Å²) in [6.45, 7) is 1.92. The summed E-state index contributed by atoms with van der Waals surface area (Å²) in [6, 6.07) is 27.2. The summed E-state index contributed by atoms with van der Waals surface area (Å²) in [5, 5.41) is 4.86. The first-order chi connectivity index (χ1) is 17.8. The maximum Gasteiger partial charge on any atom is 0.273 e. The van der Waals surface area contributed by atoms with Gasteiger partial charge in [0, 0.05) is 10.6 Å². The highest BCUT2D eigenvalue weighted by molar-refractivity contribution is 7.92. The lowest BCUT2D eigenvalue weighted by Crippen LogP contribution is -2.33. The molecule has 0 saturated heterocycles. The van der Waals surface area contributed by atoms with Crippen LogP contribution in [0.4, 0.5) is 5.69 Å². The van der Waals surface area contributed by atoms with E-state index in [4.69, 9.17) is 23.2 Å². The number of anilines is 1. The lowest BCUT2D eigenvalue weighted by molar-refractivity contribution is 0.0955. The van der Waals surface area contributed by atoms with Gasteiger partial charge in [-0.05, 0) is 48.9 Å². The second-order valence-corrected chi connectivity index (χ2v) is 10.9. The Kier molecular flexibility index (Phi) is 8.28. The summed E-state index contributed by atoms with van der Waals surface area (Å²) in [5.74, 6) is -0.575. The van der Waals surface area contributed by atoms with E-state index in [2.05, 4.69) is 10.5 Å². The third-order valence-electron chi connectivity index (χ3n) is 5.53. The Morgan fingerprint density at radius 3 is 2.30 bits per heavy atom. The number of hydrogen-bond donors (Lipinski definition) is 1.